The molecule has 1 aromatic rings. The van der Waals surface area contributed by atoms with Crippen LogP contribution < -0.4 is 5.32 Å². The molecule has 1 saturated carbocycles. The minimum absolute atomic E-state index is 0.209. The summed E-state index contributed by atoms with van der Waals surface area (Å²) in [4.78, 5) is 13.9. The molecular formula is C14H15Cl3N2O2. The van der Waals surface area contributed by atoms with Crippen molar-refractivity contribution >= 4 is 46.4 Å². The van der Waals surface area contributed by atoms with Crippen molar-refractivity contribution in [2.24, 2.45) is 5.92 Å². The molecular weight excluding hydrogens is 335 g/mol. The number of benzene rings is 1. The summed E-state index contributed by atoms with van der Waals surface area (Å²) in [5, 5.41) is 13.9. The molecule has 0 bridgehead atoms. The Bertz CT molecular complexity index is 561. The Morgan fingerprint density at radius 2 is 1.86 bits per heavy atom. The molecule has 0 radical (unpaired) electrons. The van der Waals surface area contributed by atoms with Crippen LogP contribution >= 0.6 is 34.8 Å². The number of amides is 1. The second-order valence-corrected chi connectivity index (χ2v) is 7.07. The quantitative estimate of drug-likeness (QED) is 0.878. The lowest BCUT2D eigenvalue weighted by atomic mass is 9.89. The summed E-state index contributed by atoms with van der Waals surface area (Å²) < 4.78 is 0. The van der Waals surface area contributed by atoms with Crippen LogP contribution in [0.5, 0.6) is 0 Å². The molecule has 2 fully saturated rings. The summed E-state index contributed by atoms with van der Waals surface area (Å²) in [6.45, 7) is 1.31. The predicted octanol–water partition coefficient (Wildman–Crippen LogP) is 3.04. The number of nitrogens with one attached hydrogen (secondary N) is 1. The Morgan fingerprint density at radius 1 is 1.29 bits per heavy atom. The van der Waals surface area contributed by atoms with Crippen molar-refractivity contribution in [3.63, 3.8) is 0 Å². The first kappa shape index (κ1) is 15.4. The average Bonchev–Trinajstić information content (AvgIpc) is 3.15. The molecule has 1 aliphatic heterocycles. The number of β-amino-alcohol motifs (C(OH)–C–C–N with tert-alkyl or cyclic N) is 1. The molecule has 4 nitrogen and oxygen atoms in total. The summed E-state index contributed by atoms with van der Waals surface area (Å²) in [6.07, 6.45) is 2.18. The van der Waals surface area contributed by atoms with E-state index >= 15 is 0 Å². The van der Waals surface area contributed by atoms with Gasteiger partial charge >= 0.3 is 0 Å². The average molecular weight is 350 g/mol. The van der Waals surface area contributed by atoms with Gasteiger partial charge in [0, 0.05) is 18.1 Å². The zero-order chi connectivity index (χ0) is 15.2. The zero-order valence-electron chi connectivity index (χ0n) is 11.2. The van der Waals surface area contributed by atoms with Gasteiger partial charge in [-0.3, -0.25) is 9.69 Å². The van der Waals surface area contributed by atoms with Crippen molar-refractivity contribution in [3.05, 3.63) is 27.2 Å². The van der Waals surface area contributed by atoms with E-state index in [4.69, 9.17) is 34.8 Å². The first-order valence-corrected chi connectivity index (χ1v) is 7.90. The van der Waals surface area contributed by atoms with E-state index in [-0.39, 0.29) is 12.5 Å². The van der Waals surface area contributed by atoms with E-state index in [0.29, 0.717) is 39.8 Å². The fourth-order valence-electron chi connectivity index (χ4n) is 2.76. The second kappa shape index (κ2) is 5.60. The second-order valence-electron chi connectivity index (χ2n) is 5.82. The van der Waals surface area contributed by atoms with Gasteiger partial charge in [-0.05, 0) is 30.9 Å². The van der Waals surface area contributed by atoms with Gasteiger partial charge in [-0.2, -0.15) is 0 Å². The molecule has 0 spiro atoms. The van der Waals surface area contributed by atoms with E-state index in [1.54, 1.807) is 0 Å². The van der Waals surface area contributed by atoms with Gasteiger partial charge in [0.05, 0.1) is 27.9 Å². The monoisotopic (exact) mass is 348 g/mol. The van der Waals surface area contributed by atoms with Gasteiger partial charge in [-0.25, -0.2) is 0 Å². The Morgan fingerprint density at radius 3 is 2.38 bits per heavy atom. The molecule has 1 heterocycles. The maximum atomic E-state index is 12.0. The van der Waals surface area contributed by atoms with Crippen LogP contribution in [0.15, 0.2) is 12.1 Å². The first-order chi connectivity index (χ1) is 9.87. The highest BCUT2D eigenvalue weighted by Crippen LogP contribution is 2.44. The van der Waals surface area contributed by atoms with Gasteiger partial charge < -0.3 is 10.4 Å². The lowest BCUT2D eigenvalue weighted by Gasteiger charge is -2.46. The summed E-state index contributed by atoms with van der Waals surface area (Å²) in [7, 11) is 0. The molecule has 1 saturated heterocycles. The van der Waals surface area contributed by atoms with Crippen LogP contribution in [0.25, 0.3) is 0 Å². The predicted molar refractivity (Wildman–Crippen MR) is 84.2 cm³/mol. The van der Waals surface area contributed by atoms with Gasteiger partial charge in [0.1, 0.15) is 0 Å². The molecule has 114 valence electrons. The highest BCUT2D eigenvalue weighted by molar-refractivity contribution is 6.42. The van der Waals surface area contributed by atoms with Crippen LogP contribution in [-0.4, -0.2) is 41.1 Å². The summed E-state index contributed by atoms with van der Waals surface area (Å²) in [5.74, 6) is 0.205. The number of carbonyl (C=O) groups excluding carboxylic acids is 1. The molecule has 1 aliphatic carbocycles. The smallest absolute Gasteiger partial charge is 0.238 e. The molecule has 7 heteroatoms. The van der Waals surface area contributed by atoms with Crippen LogP contribution in [0.4, 0.5) is 5.69 Å². The Labute approximate surface area is 138 Å². The number of likely N-dealkylation sites (tertiary alicyclic amines) is 1. The Kier molecular flexibility index (Phi) is 4.10. The third-order valence-electron chi connectivity index (χ3n) is 3.97. The van der Waals surface area contributed by atoms with E-state index in [2.05, 4.69) is 5.32 Å². The SMILES string of the molecule is O=C(CN1CC(O)(C2CC2)C1)Nc1c(Cl)cc(Cl)cc1Cl. The van der Waals surface area contributed by atoms with E-state index in [0.717, 1.165) is 12.8 Å². The van der Waals surface area contributed by atoms with Crippen molar-refractivity contribution in [1.82, 2.24) is 4.90 Å². The summed E-state index contributed by atoms with van der Waals surface area (Å²) in [5.41, 5.74) is -0.221. The van der Waals surface area contributed by atoms with Gasteiger partial charge in [0.25, 0.3) is 0 Å². The standard InChI is InChI=1S/C14H15Cl3N2O2/c15-9-3-10(16)13(11(17)4-9)18-12(20)5-19-6-14(21,7-19)8-1-2-8/h3-4,8,21H,1-2,5-7H2,(H,18,20). The van der Waals surface area contributed by atoms with Crippen LogP contribution in [0.2, 0.25) is 15.1 Å². The number of hydrogen-bond acceptors (Lipinski definition) is 3. The highest BCUT2D eigenvalue weighted by atomic mass is 35.5. The van der Waals surface area contributed by atoms with Gasteiger partial charge in [0.2, 0.25) is 5.91 Å². The molecule has 21 heavy (non-hydrogen) atoms. The maximum absolute atomic E-state index is 12.0. The van der Waals surface area contributed by atoms with Gasteiger partial charge in [-0.15, -0.1) is 0 Å². The first-order valence-electron chi connectivity index (χ1n) is 6.76. The third kappa shape index (κ3) is 3.30. The van der Waals surface area contributed by atoms with Crippen LogP contribution in [0.1, 0.15) is 12.8 Å². The molecule has 3 rings (SSSR count). The van der Waals surface area contributed by atoms with E-state index < -0.39 is 5.60 Å². The van der Waals surface area contributed by atoms with Crippen molar-refractivity contribution in [1.29, 1.82) is 0 Å². The number of halogens is 3. The van der Waals surface area contributed by atoms with E-state index in [1.807, 2.05) is 4.90 Å². The van der Waals surface area contributed by atoms with E-state index in [9.17, 15) is 9.90 Å². The number of carbonyl (C=O) groups is 1. The van der Waals surface area contributed by atoms with Crippen molar-refractivity contribution < 1.29 is 9.90 Å². The molecule has 2 aliphatic rings. The summed E-state index contributed by atoms with van der Waals surface area (Å²) in [6, 6.07) is 3.06. The van der Waals surface area contributed by atoms with Gasteiger partial charge in [-0.1, -0.05) is 34.8 Å². The minimum Gasteiger partial charge on any atom is -0.387 e. The largest absolute Gasteiger partial charge is 0.387 e. The Hall–Kier alpha value is -0.520. The molecule has 2 N–H and O–H groups in total. The highest BCUT2D eigenvalue weighted by Gasteiger charge is 2.51. The van der Waals surface area contributed by atoms with Crippen molar-refractivity contribution in [3.8, 4) is 0 Å². The fraction of sp³-hybridized carbons (Fsp3) is 0.500. The lowest BCUT2D eigenvalue weighted by molar-refractivity contribution is -0.132. The molecule has 0 aromatic heterocycles. The normalized spacial score (nSPS) is 21.0. The number of anilines is 1. The number of rotatable bonds is 4. The Balaban J connectivity index is 1.56. The van der Waals surface area contributed by atoms with Gasteiger partial charge in [0.15, 0.2) is 0 Å². The number of hydrogen-bond donors (Lipinski definition) is 2. The molecule has 1 amide bonds. The maximum Gasteiger partial charge on any atom is 0.238 e. The van der Waals surface area contributed by atoms with Crippen LogP contribution in [0, 0.1) is 5.92 Å². The summed E-state index contributed by atoms with van der Waals surface area (Å²) >= 11 is 17.9. The van der Waals surface area contributed by atoms with Crippen molar-refractivity contribution in [2.75, 3.05) is 25.0 Å². The minimum atomic E-state index is -0.587. The van der Waals surface area contributed by atoms with Crippen LogP contribution in [0.3, 0.4) is 0 Å². The number of nitrogens with zero attached hydrogens (tertiary/aromatic N) is 1. The number of aliphatic hydroxyl groups is 1. The van der Waals surface area contributed by atoms with E-state index in [1.165, 1.54) is 12.1 Å². The topological polar surface area (TPSA) is 52.6 Å². The fourth-order valence-corrected chi connectivity index (χ4v) is 3.67. The molecule has 1 aromatic carbocycles. The molecule has 0 atom stereocenters. The third-order valence-corrected chi connectivity index (χ3v) is 4.79. The zero-order valence-corrected chi connectivity index (χ0v) is 13.5. The lowest BCUT2D eigenvalue weighted by Crippen LogP contribution is -2.64. The van der Waals surface area contributed by atoms with Crippen LogP contribution in [-0.2, 0) is 4.79 Å². The van der Waals surface area contributed by atoms with Crippen molar-refractivity contribution in [2.45, 2.75) is 18.4 Å². The molecule has 0 unspecified atom stereocenters.